The van der Waals surface area contributed by atoms with Gasteiger partial charge in [0.15, 0.2) is 0 Å². The van der Waals surface area contributed by atoms with Gasteiger partial charge in [-0.05, 0) is 24.5 Å². The van der Waals surface area contributed by atoms with Crippen molar-refractivity contribution in [3.8, 4) is 5.88 Å². The van der Waals surface area contributed by atoms with E-state index in [0.29, 0.717) is 36.6 Å². The minimum absolute atomic E-state index is 0.114. The highest BCUT2D eigenvalue weighted by molar-refractivity contribution is 5.97. The SMILES string of the molecule is COc1c(C(=O)N2CCC(O)c3ccccc3C2)c(C)nn1C. The van der Waals surface area contributed by atoms with Crippen molar-refractivity contribution in [1.29, 1.82) is 0 Å². The number of aryl methyl sites for hydroxylation is 2. The van der Waals surface area contributed by atoms with Gasteiger partial charge in [-0.25, -0.2) is 4.68 Å². The quantitative estimate of drug-likeness (QED) is 0.918. The summed E-state index contributed by atoms with van der Waals surface area (Å²) in [6.07, 6.45) is -0.0226. The average Bonchev–Trinajstić information content (AvgIpc) is 2.72. The number of hydrogen-bond donors (Lipinski definition) is 1. The van der Waals surface area contributed by atoms with E-state index in [2.05, 4.69) is 5.10 Å². The molecule has 0 aliphatic carbocycles. The van der Waals surface area contributed by atoms with Crippen LogP contribution in [0.25, 0.3) is 0 Å². The van der Waals surface area contributed by atoms with Crippen LogP contribution in [0.15, 0.2) is 24.3 Å². The van der Waals surface area contributed by atoms with Crippen LogP contribution in [0.4, 0.5) is 0 Å². The third kappa shape index (κ3) is 2.70. The molecule has 1 aliphatic rings. The molecule has 2 heterocycles. The summed E-state index contributed by atoms with van der Waals surface area (Å²) in [5.74, 6) is 0.349. The molecule has 6 nitrogen and oxygen atoms in total. The predicted molar refractivity (Wildman–Crippen MR) is 85.3 cm³/mol. The largest absolute Gasteiger partial charge is 0.481 e. The molecule has 23 heavy (non-hydrogen) atoms. The Bertz CT molecular complexity index is 739. The molecule has 2 aromatic rings. The van der Waals surface area contributed by atoms with Gasteiger partial charge in [0.25, 0.3) is 5.91 Å². The molecule has 1 amide bonds. The Morgan fingerprint density at radius 2 is 2.13 bits per heavy atom. The second kappa shape index (κ2) is 6.04. The molecule has 0 spiro atoms. The van der Waals surface area contributed by atoms with Crippen LogP contribution in [0.3, 0.4) is 0 Å². The molecule has 0 bridgehead atoms. The second-order valence-electron chi connectivity index (χ2n) is 5.82. The summed E-state index contributed by atoms with van der Waals surface area (Å²) >= 11 is 0. The number of aliphatic hydroxyl groups excluding tert-OH is 1. The first-order valence-electron chi connectivity index (χ1n) is 7.65. The Balaban J connectivity index is 1.95. The standard InChI is InChI=1S/C17H21N3O3/c1-11-15(17(23-3)19(2)18-11)16(22)20-9-8-14(21)13-7-5-4-6-12(13)10-20/h4-7,14,21H,8-10H2,1-3H3. The van der Waals surface area contributed by atoms with Gasteiger partial charge in [-0.3, -0.25) is 4.79 Å². The van der Waals surface area contributed by atoms with Gasteiger partial charge < -0.3 is 14.7 Å². The number of carbonyl (C=O) groups is 1. The van der Waals surface area contributed by atoms with Gasteiger partial charge in [-0.1, -0.05) is 24.3 Å². The minimum atomic E-state index is -0.541. The molecule has 0 fully saturated rings. The molecule has 1 aromatic carbocycles. The number of rotatable bonds is 2. The third-order valence-corrected chi connectivity index (χ3v) is 4.31. The number of nitrogens with zero attached hydrogens (tertiary/aromatic N) is 3. The fraction of sp³-hybridized carbons (Fsp3) is 0.412. The number of carbonyl (C=O) groups excluding carboxylic acids is 1. The third-order valence-electron chi connectivity index (χ3n) is 4.31. The summed E-state index contributed by atoms with van der Waals surface area (Å²) < 4.78 is 6.91. The van der Waals surface area contributed by atoms with E-state index in [1.165, 1.54) is 7.11 Å². The minimum Gasteiger partial charge on any atom is -0.481 e. The van der Waals surface area contributed by atoms with Crippen molar-refractivity contribution < 1.29 is 14.6 Å². The number of fused-ring (bicyclic) bond motifs is 1. The first-order valence-corrected chi connectivity index (χ1v) is 7.65. The highest BCUT2D eigenvalue weighted by Gasteiger charge is 2.29. The van der Waals surface area contributed by atoms with Crippen LogP contribution in [0.2, 0.25) is 0 Å². The van der Waals surface area contributed by atoms with Crippen LogP contribution in [0.5, 0.6) is 5.88 Å². The summed E-state index contributed by atoms with van der Waals surface area (Å²) in [6.45, 7) is 2.77. The van der Waals surface area contributed by atoms with Crippen LogP contribution < -0.4 is 4.74 Å². The maximum atomic E-state index is 13.0. The number of methoxy groups -OCH3 is 1. The molecule has 122 valence electrons. The average molecular weight is 315 g/mol. The lowest BCUT2D eigenvalue weighted by Crippen LogP contribution is -2.31. The summed E-state index contributed by atoms with van der Waals surface area (Å²) in [7, 11) is 3.29. The molecule has 1 aliphatic heterocycles. The Morgan fingerprint density at radius 1 is 1.39 bits per heavy atom. The van der Waals surface area contributed by atoms with E-state index in [-0.39, 0.29) is 5.91 Å². The first-order chi connectivity index (χ1) is 11.0. The van der Waals surface area contributed by atoms with E-state index < -0.39 is 6.10 Å². The van der Waals surface area contributed by atoms with Crippen molar-refractivity contribution in [2.24, 2.45) is 7.05 Å². The molecular weight excluding hydrogens is 294 g/mol. The van der Waals surface area contributed by atoms with E-state index in [1.807, 2.05) is 24.3 Å². The predicted octanol–water partition coefficient (Wildman–Crippen LogP) is 1.82. The van der Waals surface area contributed by atoms with E-state index in [0.717, 1.165) is 11.1 Å². The molecule has 0 saturated carbocycles. The Kier molecular flexibility index (Phi) is 4.09. The summed E-state index contributed by atoms with van der Waals surface area (Å²) in [5.41, 5.74) is 3.01. The van der Waals surface area contributed by atoms with Gasteiger partial charge in [-0.15, -0.1) is 0 Å². The van der Waals surface area contributed by atoms with Gasteiger partial charge in [0.05, 0.1) is 18.9 Å². The smallest absolute Gasteiger partial charge is 0.261 e. The van der Waals surface area contributed by atoms with Crippen molar-refractivity contribution in [3.05, 3.63) is 46.6 Å². The Morgan fingerprint density at radius 3 is 2.87 bits per heavy atom. The van der Waals surface area contributed by atoms with Gasteiger partial charge in [0, 0.05) is 20.1 Å². The van der Waals surface area contributed by atoms with Gasteiger partial charge in [-0.2, -0.15) is 5.10 Å². The number of amides is 1. The summed E-state index contributed by atoms with van der Waals surface area (Å²) in [6, 6.07) is 7.71. The number of ether oxygens (including phenoxy) is 1. The van der Waals surface area contributed by atoms with E-state index in [1.54, 1.807) is 23.6 Å². The van der Waals surface area contributed by atoms with Crippen molar-refractivity contribution in [2.45, 2.75) is 26.0 Å². The molecule has 3 rings (SSSR count). The van der Waals surface area contributed by atoms with Crippen molar-refractivity contribution in [3.63, 3.8) is 0 Å². The molecule has 1 unspecified atom stereocenters. The molecule has 0 saturated heterocycles. The zero-order valence-electron chi connectivity index (χ0n) is 13.6. The molecule has 1 N–H and O–H groups in total. The molecule has 1 atom stereocenters. The Labute approximate surface area is 135 Å². The fourth-order valence-electron chi connectivity index (χ4n) is 3.17. The fourth-order valence-corrected chi connectivity index (χ4v) is 3.17. The maximum Gasteiger partial charge on any atom is 0.261 e. The van der Waals surface area contributed by atoms with E-state index in [9.17, 15) is 9.90 Å². The lowest BCUT2D eigenvalue weighted by atomic mass is 10.0. The van der Waals surface area contributed by atoms with Crippen molar-refractivity contribution >= 4 is 5.91 Å². The summed E-state index contributed by atoms with van der Waals surface area (Å²) in [5, 5.41) is 14.6. The van der Waals surface area contributed by atoms with Gasteiger partial charge in [0.1, 0.15) is 5.56 Å². The van der Waals surface area contributed by atoms with Crippen LogP contribution in [-0.2, 0) is 13.6 Å². The van der Waals surface area contributed by atoms with Crippen molar-refractivity contribution in [2.75, 3.05) is 13.7 Å². The molecular formula is C17H21N3O3. The number of aromatic nitrogens is 2. The van der Waals surface area contributed by atoms with Crippen LogP contribution >= 0.6 is 0 Å². The van der Waals surface area contributed by atoms with Gasteiger partial charge in [0.2, 0.25) is 5.88 Å². The van der Waals surface area contributed by atoms with E-state index in [4.69, 9.17) is 4.74 Å². The van der Waals surface area contributed by atoms with E-state index >= 15 is 0 Å². The van der Waals surface area contributed by atoms with Crippen LogP contribution in [-0.4, -0.2) is 39.3 Å². The number of hydrogen-bond acceptors (Lipinski definition) is 4. The van der Waals surface area contributed by atoms with Gasteiger partial charge >= 0.3 is 0 Å². The molecule has 1 aromatic heterocycles. The first kappa shape index (κ1) is 15.6. The zero-order chi connectivity index (χ0) is 16.6. The highest BCUT2D eigenvalue weighted by Crippen LogP contribution is 2.29. The van der Waals surface area contributed by atoms with Crippen LogP contribution in [0.1, 0.15) is 39.7 Å². The summed E-state index contributed by atoms with van der Waals surface area (Å²) in [4.78, 5) is 14.7. The lowest BCUT2D eigenvalue weighted by molar-refractivity contribution is 0.0718. The zero-order valence-corrected chi connectivity index (χ0v) is 13.6. The maximum absolute atomic E-state index is 13.0. The monoisotopic (exact) mass is 315 g/mol. The number of benzene rings is 1. The molecule has 0 radical (unpaired) electrons. The van der Waals surface area contributed by atoms with Crippen molar-refractivity contribution in [1.82, 2.24) is 14.7 Å². The topological polar surface area (TPSA) is 67.6 Å². The molecule has 6 heteroatoms. The second-order valence-corrected chi connectivity index (χ2v) is 5.82. The lowest BCUT2D eigenvalue weighted by Gasteiger charge is -2.21. The number of aliphatic hydroxyl groups is 1. The Hall–Kier alpha value is -2.34. The highest BCUT2D eigenvalue weighted by atomic mass is 16.5. The van der Waals surface area contributed by atoms with Crippen LogP contribution in [0, 0.1) is 6.92 Å². The normalized spacial score (nSPS) is 17.6.